The molecule has 0 radical (unpaired) electrons. The second kappa shape index (κ2) is 6.71. The van der Waals surface area contributed by atoms with Crippen LogP contribution < -0.4 is 0 Å². The molecule has 1 aromatic carbocycles. The summed E-state index contributed by atoms with van der Waals surface area (Å²) in [5.41, 5.74) is 1.48. The molecule has 1 aliphatic rings. The molecule has 3 heteroatoms. The van der Waals surface area contributed by atoms with Crippen LogP contribution in [0.25, 0.3) is 0 Å². The molecule has 0 saturated heterocycles. The Labute approximate surface area is 114 Å². The van der Waals surface area contributed by atoms with Gasteiger partial charge in [-0.25, -0.2) is 4.79 Å². The third kappa shape index (κ3) is 3.80. The summed E-state index contributed by atoms with van der Waals surface area (Å²) in [6.07, 6.45) is 5.61. The average Bonchev–Trinajstić information content (AvgIpc) is 2.46. The second-order valence-electron chi connectivity index (χ2n) is 5.33. The maximum Gasteiger partial charge on any atom is 0.373 e. The highest BCUT2D eigenvalue weighted by molar-refractivity contribution is 5.90. The van der Waals surface area contributed by atoms with E-state index >= 15 is 0 Å². The van der Waals surface area contributed by atoms with E-state index < -0.39 is 5.97 Å². The Hall–Kier alpha value is -1.35. The Morgan fingerprint density at radius 1 is 1.21 bits per heavy atom. The van der Waals surface area contributed by atoms with Crippen LogP contribution in [0.3, 0.4) is 0 Å². The van der Waals surface area contributed by atoms with E-state index in [9.17, 15) is 4.79 Å². The van der Waals surface area contributed by atoms with E-state index in [1.807, 2.05) is 25.1 Å². The summed E-state index contributed by atoms with van der Waals surface area (Å²) in [6.45, 7) is 4.12. The summed E-state index contributed by atoms with van der Waals surface area (Å²) in [4.78, 5) is 22.2. The lowest BCUT2D eigenvalue weighted by Crippen LogP contribution is -2.23. The summed E-state index contributed by atoms with van der Waals surface area (Å²) in [5.74, 6) is 0.419. The van der Waals surface area contributed by atoms with Crippen molar-refractivity contribution in [1.82, 2.24) is 0 Å². The monoisotopic (exact) mass is 262 g/mol. The molecule has 0 unspecified atom stereocenters. The van der Waals surface area contributed by atoms with Crippen LogP contribution in [0.2, 0.25) is 0 Å². The zero-order valence-corrected chi connectivity index (χ0v) is 11.7. The van der Waals surface area contributed by atoms with Gasteiger partial charge in [-0.2, -0.15) is 4.89 Å². The minimum atomic E-state index is -0.393. The molecule has 104 valence electrons. The van der Waals surface area contributed by atoms with Crippen LogP contribution in [-0.4, -0.2) is 12.1 Å². The number of hydrogen-bond donors (Lipinski definition) is 0. The van der Waals surface area contributed by atoms with E-state index in [-0.39, 0.29) is 6.10 Å². The van der Waals surface area contributed by atoms with Crippen molar-refractivity contribution in [3.05, 3.63) is 35.4 Å². The van der Waals surface area contributed by atoms with Crippen LogP contribution in [0.5, 0.6) is 0 Å². The lowest BCUT2D eigenvalue weighted by molar-refractivity contribution is -0.280. The number of carbonyl (C=O) groups excluding carboxylic acids is 1. The summed E-state index contributed by atoms with van der Waals surface area (Å²) >= 11 is 0. The number of rotatable bonds is 4. The molecule has 1 fully saturated rings. The molecule has 0 aromatic heterocycles. The normalized spacial score (nSPS) is 23.1. The van der Waals surface area contributed by atoms with Gasteiger partial charge >= 0.3 is 5.97 Å². The van der Waals surface area contributed by atoms with Gasteiger partial charge in [-0.15, -0.1) is 0 Å². The Morgan fingerprint density at radius 2 is 1.89 bits per heavy atom. The summed E-state index contributed by atoms with van der Waals surface area (Å²) in [7, 11) is 0. The molecule has 0 spiro atoms. The van der Waals surface area contributed by atoms with Crippen LogP contribution in [-0.2, 0) is 9.78 Å². The minimum Gasteiger partial charge on any atom is -0.293 e. The molecule has 0 N–H and O–H groups in total. The summed E-state index contributed by atoms with van der Waals surface area (Å²) in [6, 6.07) is 7.38. The SMILES string of the molecule is CCC1CCC(OOC(=O)c2ccccc2C)CC1. The fourth-order valence-electron chi connectivity index (χ4n) is 2.59. The van der Waals surface area contributed by atoms with Gasteiger partial charge in [0.25, 0.3) is 0 Å². The molecule has 0 heterocycles. The Kier molecular flexibility index (Phi) is 4.97. The van der Waals surface area contributed by atoms with Crippen LogP contribution in [0.4, 0.5) is 0 Å². The summed E-state index contributed by atoms with van der Waals surface area (Å²) < 4.78 is 0. The highest BCUT2D eigenvalue weighted by Gasteiger charge is 2.23. The topological polar surface area (TPSA) is 35.5 Å². The Bertz CT molecular complexity index is 420. The van der Waals surface area contributed by atoms with Gasteiger partial charge in [0.2, 0.25) is 0 Å². The fraction of sp³-hybridized carbons (Fsp3) is 0.562. The first-order valence-corrected chi connectivity index (χ1v) is 7.14. The molecule has 2 rings (SSSR count). The third-order valence-corrected chi connectivity index (χ3v) is 4.00. The largest absolute Gasteiger partial charge is 0.373 e. The molecule has 0 aliphatic heterocycles. The molecular formula is C16H22O3. The van der Waals surface area contributed by atoms with E-state index in [0.717, 1.165) is 24.3 Å². The standard InChI is InChI=1S/C16H22O3/c1-3-13-8-10-14(11-9-13)18-19-16(17)15-7-5-4-6-12(15)2/h4-7,13-14H,3,8-11H2,1-2H3. The third-order valence-electron chi connectivity index (χ3n) is 4.00. The van der Waals surface area contributed by atoms with E-state index in [0.29, 0.717) is 5.56 Å². The summed E-state index contributed by atoms with van der Waals surface area (Å²) in [5, 5.41) is 0. The van der Waals surface area contributed by atoms with Crippen LogP contribution in [0, 0.1) is 12.8 Å². The smallest absolute Gasteiger partial charge is 0.293 e. The fourth-order valence-corrected chi connectivity index (χ4v) is 2.59. The van der Waals surface area contributed by atoms with E-state index in [2.05, 4.69) is 6.92 Å². The highest BCUT2D eigenvalue weighted by Crippen LogP contribution is 2.28. The van der Waals surface area contributed by atoms with Crippen LogP contribution in [0.1, 0.15) is 54.9 Å². The quantitative estimate of drug-likeness (QED) is 0.606. The maximum atomic E-state index is 11.9. The lowest BCUT2D eigenvalue weighted by atomic mass is 9.86. The number of benzene rings is 1. The van der Waals surface area contributed by atoms with E-state index in [4.69, 9.17) is 9.78 Å². The second-order valence-corrected chi connectivity index (χ2v) is 5.33. The molecule has 1 aliphatic carbocycles. The Balaban J connectivity index is 1.80. The van der Waals surface area contributed by atoms with Gasteiger partial charge in [0.15, 0.2) is 0 Å². The minimum absolute atomic E-state index is 0.0655. The van der Waals surface area contributed by atoms with Crippen molar-refractivity contribution in [2.75, 3.05) is 0 Å². The van der Waals surface area contributed by atoms with E-state index in [1.54, 1.807) is 6.07 Å². The van der Waals surface area contributed by atoms with Crippen molar-refractivity contribution >= 4 is 5.97 Å². The van der Waals surface area contributed by atoms with Crippen molar-refractivity contribution in [1.29, 1.82) is 0 Å². The number of aryl methyl sites for hydroxylation is 1. The Morgan fingerprint density at radius 3 is 2.53 bits per heavy atom. The van der Waals surface area contributed by atoms with Gasteiger partial charge < -0.3 is 0 Å². The predicted molar refractivity (Wildman–Crippen MR) is 73.7 cm³/mol. The zero-order valence-electron chi connectivity index (χ0n) is 11.7. The van der Waals surface area contributed by atoms with Crippen molar-refractivity contribution in [2.24, 2.45) is 5.92 Å². The van der Waals surface area contributed by atoms with Gasteiger partial charge in [-0.1, -0.05) is 31.5 Å². The predicted octanol–water partition coefficient (Wildman–Crippen LogP) is 4.05. The van der Waals surface area contributed by atoms with Gasteiger partial charge in [-0.3, -0.25) is 4.89 Å². The molecule has 0 bridgehead atoms. The molecule has 19 heavy (non-hydrogen) atoms. The van der Waals surface area contributed by atoms with Crippen molar-refractivity contribution in [3.8, 4) is 0 Å². The average molecular weight is 262 g/mol. The van der Waals surface area contributed by atoms with Crippen molar-refractivity contribution in [3.63, 3.8) is 0 Å². The molecule has 1 saturated carbocycles. The number of hydrogen-bond acceptors (Lipinski definition) is 3. The molecule has 1 aromatic rings. The van der Waals surface area contributed by atoms with Gasteiger partial charge in [-0.05, 0) is 50.2 Å². The van der Waals surface area contributed by atoms with Crippen molar-refractivity contribution in [2.45, 2.75) is 52.1 Å². The number of carbonyl (C=O) groups is 1. The lowest BCUT2D eigenvalue weighted by Gasteiger charge is -2.26. The molecule has 0 atom stereocenters. The molecular weight excluding hydrogens is 240 g/mol. The maximum absolute atomic E-state index is 11.9. The first kappa shape index (κ1) is 14.1. The van der Waals surface area contributed by atoms with Gasteiger partial charge in [0.1, 0.15) is 6.10 Å². The molecule has 0 amide bonds. The molecule has 3 nitrogen and oxygen atoms in total. The van der Waals surface area contributed by atoms with E-state index in [1.165, 1.54) is 19.3 Å². The zero-order chi connectivity index (χ0) is 13.7. The van der Waals surface area contributed by atoms with Gasteiger partial charge in [0.05, 0.1) is 5.56 Å². The highest BCUT2D eigenvalue weighted by atomic mass is 17.2. The van der Waals surface area contributed by atoms with Crippen LogP contribution in [0.15, 0.2) is 24.3 Å². The first-order chi connectivity index (χ1) is 9.20. The van der Waals surface area contributed by atoms with Gasteiger partial charge in [0, 0.05) is 0 Å². The van der Waals surface area contributed by atoms with Crippen molar-refractivity contribution < 1.29 is 14.6 Å². The first-order valence-electron chi connectivity index (χ1n) is 7.14. The van der Waals surface area contributed by atoms with Crippen LogP contribution >= 0.6 is 0 Å².